The highest BCUT2D eigenvalue weighted by Crippen LogP contribution is 1.95. The molecule has 3 N–H and O–H groups in total. The molecule has 8 nitrogen and oxygen atoms in total. The van der Waals surface area contributed by atoms with Gasteiger partial charge in [0, 0.05) is 23.7 Å². The van der Waals surface area contributed by atoms with Crippen molar-refractivity contribution in [3.05, 3.63) is 62.2 Å². The maximum Gasteiger partial charge on any atom is 0.325 e. The fraction of sp³-hybridized carbons (Fsp3) is 0.0833. The van der Waals surface area contributed by atoms with Gasteiger partial charge in [-0.2, -0.15) is 5.10 Å². The second-order valence-electron chi connectivity index (χ2n) is 3.88. The van der Waals surface area contributed by atoms with E-state index in [-0.39, 0.29) is 5.56 Å². The third-order valence-electron chi connectivity index (χ3n) is 2.48. The van der Waals surface area contributed by atoms with Crippen LogP contribution in [0, 0.1) is 6.92 Å². The Morgan fingerprint density at radius 1 is 1.30 bits per heavy atom. The Labute approximate surface area is 112 Å². The topological polar surface area (TPSA) is 120 Å². The van der Waals surface area contributed by atoms with E-state index in [2.05, 4.69) is 25.5 Å². The van der Waals surface area contributed by atoms with Crippen molar-refractivity contribution in [2.75, 3.05) is 0 Å². The lowest BCUT2D eigenvalue weighted by molar-refractivity contribution is 0.0955. The van der Waals surface area contributed by atoms with Crippen LogP contribution in [0.25, 0.3) is 0 Å². The van der Waals surface area contributed by atoms with Crippen molar-refractivity contribution in [3.8, 4) is 0 Å². The van der Waals surface area contributed by atoms with E-state index in [1.54, 1.807) is 6.92 Å². The molecular formula is C12H11N5O3. The number of rotatable bonds is 3. The molecule has 0 aliphatic rings. The molecule has 0 saturated heterocycles. The van der Waals surface area contributed by atoms with Crippen LogP contribution < -0.4 is 16.7 Å². The van der Waals surface area contributed by atoms with Crippen LogP contribution in [0.4, 0.5) is 0 Å². The van der Waals surface area contributed by atoms with Gasteiger partial charge in [-0.1, -0.05) is 0 Å². The van der Waals surface area contributed by atoms with E-state index in [4.69, 9.17) is 0 Å². The zero-order chi connectivity index (χ0) is 14.5. The van der Waals surface area contributed by atoms with Gasteiger partial charge in [0.25, 0.3) is 11.5 Å². The Bertz CT molecular complexity index is 761. The number of aromatic nitrogens is 3. The summed E-state index contributed by atoms with van der Waals surface area (Å²) in [4.78, 5) is 42.5. The van der Waals surface area contributed by atoms with E-state index in [0.29, 0.717) is 11.3 Å². The molecule has 0 aliphatic heterocycles. The Morgan fingerprint density at radius 2 is 2.00 bits per heavy atom. The Hall–Kier alpha value is -3.03. The Morgan fingerprint density at radius 3 is 2.65 bits per heavy atom. The van der Waals surface area contributed by atoms with Gasteiger partial charge in [0.2, 0.25) is 0 Å². The molecule has 20 heavy (non-hydrogen) atoms. The number of hydrazone groups is 1. The maximum atomic E-state index is 11.7. The summed E-state index contributed by atoms with van der Waals surface area (Å²) in [6.07, 6.45) is 4.13. The number of H-pyrrole nitrogens is 2. The first-order valence-electron chi connectivity index (χ1n) is 5.64. The Balaban J connectivity index is 2.14. The number of aromatic amines is 2. The highest BCUT2D eigenvalue weighted by atomic mass is 16.2. The molecule has 2 aromatic heterocycles. The molecule has 0 aliphatic carbocycles. The van der Waals surface area contributed by atoms with Crippen LogP contribution in [-0.4, -0.2) is 27.1 Å². The minimum absolute atomic E-state index is 0.166. The number of aryl methyl sites for hydroxylation is 1. The van der Waals surface area contributed by atoms with Crippen molar-refractivity contribution >= 4 is 12.1 Å². The molecule has 0 bridgehead atoms. The average molecular weight is 273 g/mol. The third-order valence-corrected chi connectivity index (χ3v) is 2.48. The van der Waals surface area contributed by atoms with Crippen molar-refractivity contribution in [2.24, 2.45) is 5.10 Å². The maximum absolute atomic E-state index is 11.7. The second kappa shape index (κ2) is 5.74. The van der Waals surface area contributed by atoms with Crippen LogP contribution >= 0.6 is 0 Å². The molecule has 0 saturated carbocycles. The summed E-state index contributed by atoms with van der Waals surface area (Å²) in [6, 6.07) is 3.06. The van der Waals surface area contributed by atoms with Crippen LogP contribution in [0.2, 0.25) is 0 Å². The number of hydrogen-bond donors (Lipinski definition) is 3. The first-order valence-corrected chi connectivity index (χ1v) is 5.64. The summed E-state index contributed by atoms with van der Waals surface area (Å²) in [5.74, 6) is -0.429. The quantitative estimate of drug-likeness (QED) is 0.517. The lowest BCUT2D eigenvalue weighted by atomic mass is 10.2. The van der Waals surface area contributed by atoms with E-state index in [1.165, 1.54) is 30.7 Å². The molecule has 2 aromatic rings. The molecule has 2 rings (SSSR count). The molecule has 0 aromatic carbocycles. The van der Waals surface area contributed by atoms with Crippen molar-refractivity contribution in [1.29, 1.82) is 0 Å². The number of pyridine rings is 1. The summed E-state index contributed by atoms with van der Waals surface area (Å²) >= 11 is 0. The van der Waals surface area contributed by atoms with E-state index in [0.717, 1.165) is 0 Å². The molecule has 8 heteroatoms. The molecule has 0 spiro atoms. The molecule has 0 atom stereocenters. The highest BCUT2D eigenvalue weighted by molar-refractivity contribution is 5.94. The van der Waals surface area contributed by atoms with Gasteiger partial charge in [0.1, 0.15) is 0 Å². The smallest absolute Gasteiger partial charge is 0.311 e. The molecule has 0 radical (unpaired) electrons. The van der Waals surface area contributed by atoms with Crippen molar-refractivity contribution in [3.63, 3.8) is 0 Å². The normalized spacial score (nSPS) is 10.7. The molecule has 102 valence electrons. The summed E-state index contributed by atoms with van der Waals surface area (Å²) in [6.45, 7) is 1.56. The lowest BCUT2D eigenvalue weighted by Gasteiger charge is -1.99. The average Bonchev–Trinajstić information content (AvgIpc) is 2.42. The first-order chi connectivity index (χ1) is 9.58. The van der Waals surface area contributed by atoms with E-state index in [1.807, 2.05) is 0 Å². The molecular weight excluding hydrogens is 262 g/mol. The van der Waals surface area contributed by atoms with Crippen molar-refractivity contribution < 1.29 is 4.79 Å². The summed E-state index contributed by atoms with van der Waals surface area (Å²) in [7, 11) is 0. The minimum Gasteiger partial charge on any atom is -0.311 e. The minimum atomic E-state index is -0.592. The van der Waals surface area contributed by atoms with Crippen LogP contribution in [0.1, 0.15) is 21.6 Å². The van der Waals surface area contributed by atoms with Crippen LogP contribution in [0.5, 0.6) is 0 Å². The second-order valence-corrected chi connectivity index (χ2v) is 3.88. The van der Waals surface area contributed by atoms with Gasteiger partial charge in [-0.15, -0.1) is 0 Å². The number of amides is 1. The number of carbonyl (C=O) groups excluding carboxylic acids is 1. The first kappa shape index (κ1) is 13.4. The number of hydrogen-bond acceptors (Lipinski definition) is 5. The molecule has 0 fully saturated rings. The standard InChI is InChI=1S/C12H11N5O3/c1-7-9(11(19)16-12(20)15-7)6-14-17-10(18)8-2-4-13-5-3-8/h2-6H,1H3,(H,17,18)(H2,15,16,19,20). The predicted molar refractivity (Wildman–Crippen MR) is 71.7 cm³/mol. The largest absolute Gasteiger partial charge is 0.325 e. The van der Waals surface area contributed by atoms with Gasteiger partial charge in [-0.25, -0.2) is 10.2 Å². The summed E-state index contributed by atoms with van der Waals surface area (Å²) < 4.78 is 0. The fourth-order valence-corrected chi connectivity index (χ4v) is 1.49. The number of carbonyl (C=O) groups is 1. The SMILES string of the molecule is Cc1[nH]c(=O)[nH]c(=O)c1C=NNC(=O)c1ccncc1. The predicted octanol–water partition coefficient (Wildman–Crippen LogP) is -0.469. The number of nitrogens with one attached hydrogen (secondary N) is 3. The van der Waals surface area contributed by atoms with Crippen molar-refractivity contribution in [1.82, 2.24) is 20.4 Å². The Kier molecular flexibility index (Phi) is 3.85. The number of nitrogens with zero attached hydrogens (tertiary/aromatic N) is 2. The van der Waals surface area contributed by atoms with Gasteiger partial charge in [-0.3, -0.25) is 19.6 Å². The highest BCUT2D eigenvalue weighted by Gasteiger charge is 2.04. The van der Waals surface area contributed by atoms with Gasteiger partial charge in [0.05, 0.1) is 11.8 Å². The zero-order valence-corrected chi connectivity index (χ0v) is 10.5. The summed E-state index contributed by atoms with van der Waals surface area (Å²) in [5, 5.41) is 3.68. The molecule has 0 unspecified atom stereocenters. The zero-order valence-electron chi connectivity index (χ0n) is 10.5. The van der Waals surface area contributed by atoms with Gasteiger partial charge < -0.3 is 4.98 Å². The lowest BCUT2D eigenvalue weighted by Crippen LogP contribution is -2.27. The van der Waals surface area contributed by atoms with Crippen LogP contribution in [0.15, 0.2) is 39.2 Å². The third kappa shape index (κ3) is 3.05. The van der Waals surface area contributed by atoms with E-state index in [9.17, 15) is 14.4 Å². The van der Waals surface area contributed by atoms with E-state index >= 15 is 0 Å². The monoisotopic (exact) mass is 273 g/mol. The van der Waals surface area contributed by atoms with E-state index < -0.39 is 17.2 Å². The molecule has 1 amide bonds. The van der Waals surface area contributed by atoms with Crippen LogP contribution in [-0.2, 0) is 0 Å². The van der Waals surface area contributed by atoms with Crippen molar-refractivity contribution in [2.45, 2.75) is 6.92 Å². The van der Waals surface area contributed by atoms with Gasteiger partial charge >= 0.3 is 5.69 Å². The van der Waals surface area contributed by atoms with Crippen LogP contribution in [0.3, 0.4) is 0 Å². The van der Waals surface area contributed by atoms with Gasteiger partial charge in [-0.05, 0) is 19.1 Å². The molecule has 2 heterocycles. The van der Waals surface area contributed by atoms with Gasteiger partial charge in [0.15, 0.2) is 0 Å². The summed E-state index contributed by atoms with van der Waals surface area (Å²) in [5.41, 5.74) is 2.03. The fourth-order valence-electron chi connectivity index (χ4n) is 1.49.